The van der Waals surface area contributed by atoms with Crippen LogP contribution in [0.1, 0.15) is 193 Å². The zero-order chi connectivity index (χ0) is 28.9. The largest absolute Gasteiger partial charge is 0.481 e. The first-order valence-electron chi connectivity index (χ1n) is 16.6. The second kappa shape index (κ2) is 28.6. The van der Waals surface area contributed by atoms with Crippen LogP contribution >= 0.6 is 0 Å². The maximum Gasteiger partial charge on any atom is 0.328 e. The Balaban J connectivity index is 3.10. The summed E-state index contributed by atoms with van der Waals surface area (Å²) in [5.41, 5.74) is 0. The van der Waals surface area contributed by atoms with Gasteiger partial charge in [0.2, 0.25) is 0 Å². The van der Waals surface area contributed by atoms with Crippen molar-refractivity contribution in [1.29, 1.82) is 0 Å². The molecule has 0 saturated carbocycles. The van der Waals surface area contributed by atoms with Crippen molar-refractivity contribution in [2.75, 3.05) is 0 Å². The minimum Gasteiger partial charge on any atom is -0.481 e. The Labute approximate surface area is 241 Å². The third kappa shape index (κ3) is 31.4. The lowest BCUT2D eigenvalue weighted by atomic mass is 10.0. The first kappa shape index (κ1) is 38.0. The van der Waals surface area contributed by atoms with Gasteiger partial charge in [0.25, 0.3) is 5.12 Å². The molecule has 2 N–H and O–H groups in total. The summed E-state index contributed by atoms with van der Waals surface area (Å²) in [5, 5.41) is 7.56. The van der Waals surface area contributed by atoms with E-state index in [0.29, 0.717) is 12.8 Å². The second-order valence-electron chi connectivity index (χ2n) is 11.6. The highest BCUT2D eigenvalue weighted by atomic mass is 32.2. The van der Waals surface area contributed by atoms with Crippen molar-refractivity contribution in [2.24, 2.45) is 0 Å². The summed E-state index contributed by atoms with van der Waals surface area (Å²) in [5.74, 6) is -0.665. The lowest BCUT2D eigenvalue weighted by molar-refractivity contribution is -0.137. The van der Waals surface area contributed by atoms with E-state index < -0.39 is 21.2 Å². The fourth-order valence-corrected chi connectivity index (χ4v) is 5.67. The molecule has 0 aliphatic carbocycles. The van der Waals surface area contributed by atoms with Gasteiger partial charge in [-0.05, 0) is 12.8 Å². The smallest absolute Gasteiger partial charge is 0.328 e. The van der Waals surface area contributed by atoms with Gasteiger partial charge in [-0.15, -0.1) is 0 Å². The molecular weight excluding hydrogens is 512 g/mol. The molecule has 0 fully saturated rings. The molecule has 6 nitrogen and oxygen atoms in total. The van der Waals surface area contributed by atoms with Crippen molar-refractivity contribution in [3.8, 4) is 0 Å². The van der Waals surface area contributed by atoms with Crippen LogP contribution < -0.4 is 0 Å². The average Bonchev–Trinajstić information content (AvgIpc) is 2.89. The summed E-state index contributed by atoms with van der Waals surface area (Å²) in [6, 6.07) is 0. The molecule has 0 rings (SSSR count). The standard InChI is InChI=1S/C32H62O6S/c33-31(34)29-27-25-23-21-19-17-15-13-11-9-7-5-3-1-2-4-6-8-10-12-14-16-18-20-22-24-26-28-30-32(35)39(36,37)38/h1-30H2,(H,33,34)(H,36,37,38). The number of hydrogen-bond acceptors (Lipinski definition) is 4. The summed E-state index contributed by atoms with van der Waals surface area (Å²) in [6.07, 6.45) is 35.4. The maximum absolute atomic E-state index is 11.1. The van der Waals surface area contributed by atoms with E-state index in [1.54, 1.807) is 0 Å². The number of carbonyl (C=O) groups excluding carboxylic acids is 1. The van der Waals surface area contributed by atoms with Crippen molar-refractivity contribution in [3.05, 3.63) is 0 Å². The van der Waals surface area contributed by atoms with Gasteiger partial charge in [-0.25, -0.2) is 0 Å². The Morgan fingerprint density at radius 3 is 0.718 bits per heavy atom. The quantitative estimate of drug-likeness (QED) is 0.0629. The SMILES string of the molecule is O=C(O)CCCCCCCCCCCCCCCCCCCCCCCCCCCCCCC(=O)S(=O)(=O)O. The van der Waals surface area contributed by atoms with Gasteiger partial charge in [0.15, 0.2) is 0 Å². The summed E-state index contributed by atoms with van der Waals surface area (Å²) in [7, 11) is -4.48. The van der Waals surface area contributed by atoms with Crippen LogP contribution in [0.2, 0.25) is 0 Å². The molecule has 0 aliphatic heterocycles. The maximum atomic E-state index is 11.1. The molecule has 7 heteroatoms. The summed E-state index contributed by atoms with van der Waals surface area (Å²) >= 11 is 0. The van der Waals surface area contributed by atoms with E-state index in [-0.39, 0.29) is 6.42 Å². The summed E-state index contributed by atoms with van der Waals surface area (Å²) < 4.78 is 29.9. The number of unbranched alkanes of at least 4 members (excludes halogenated alkanes) is 27. The van der Waals surface area contributed by atoms with Gasteiger partial charge in [0, 0.05) is 12.8 Å². The number of rotatable bonds is 31. The average molecular weight is 575 g/mol. The molecule has 0 bridgehead atoms. The van der Waals surface area contributed by atoms with Crippen LogP contribution in [-0.2, 0) is 19.7 Å². The van der Waals surface area contributed by atoms with Crippen LogP contribution in [0.5, 0.6) is 0 Å². The van der Waals surface area contributed by atoms with Gasteiger partial charge in [-0.1, -0.05) is 167 Å². The molecule has 0 aromatic carbocycles. The van der Waals surface area contributed by atoms with Crippen LogP contribution in [0.3, 0.4) is 0 Å². The van der Waals surface area contributed by atoms with Crippen molar-refractivity contribution >= 4 is 21.2 Å². The second-order valence-corrected chi connectivity index (χ2v) is 13.0. The third-order valence-electron chi connectivity index (χ3n) is 7.81. The van der Waals surface area contributed by atoms with E-state index in [2.05, 4.69) is 0 Å². The third-order valence-corrected chi connectivity index (χ3v) is 8.59. The number of carbonyl (C=O) groups is 2. The molecule has 232 valence electrons. The summed E-state index contributed by atoms with van der Waals surface area (Å²) in [6.45, 7) is 0. The van der Waals surface area contributed by atoms with Crippen LogP contribution in [0, 0.1) is 0 Å². The van der Waals surface area contributed by atoms with E-state index in [9.17, 15) is 18.0 Å². The fraction of sp³-hybridized carbons (Fsp3) is 0.938. The number of aliphatic carboxylic acids is 1. The van der Waals surface area contributed by atoms with Crippen molar-refractivity contribution in [2.45, 2.75) is 193 Å². The molecular formula is C32H62O6S. The number of hydrogen-bond donors (Lipinski definition) is 2. The van der Waals surface area contributed by atoms with E-state index >= 15 is 0 Å². The predicted octanol–water partition coefficient (Wildman–Crippen LogP) is 10.2. The molecule has 0 spiro atoms. The molecule has 0 heterocycles. The normalized spacial score (nSPS) is 11.7. The molecule has 0 unspecified atom stereocenters. The van der Waals surface area contributed by atoms with E-state index in [1.807, 2.05) is 0 Å². The molecule has 0 aromatic rings. The van der Waals surface area contributed by atoms with Crippen molar-refractivity contribution < 1.29 is 27.7 Å². The minimum absolute atomic E-state index is 0.0667. The molecule has 0 aromatic heterocycles. The van der Waals surface area contributed by atoms with Gasteiger partial charge in [0.1, 0.15) is 0 Å². The Hall–Kier alpha value is -0.950. The molecule has 0 aliphatic rings. The lowest BCUT2D eigenvalue weighted by Crippen LogP contribution is -2.12. The summed E-state index contributed by atoms with van der Waals surface area (Å²) in [4.78, 5) is 21.5. The van der Waals surface area contributed by atoms with Gasteiger partial charge >= 0.3 is 16.1 Å². The topological polar surface area (TPSA) is 109 Å². The van der Waals surface area contributed by atoms with Crippen molar-refractivity contribution in [1.82, 2.24) is 0 Å². The molecule has 0 amide bonds. The zero-order valence-corrected chi connectivity index (χ0v) is 26.0. The molecule has 0 atom stereocenters. The highest BCUT2D eigenvalue weighted by molar-refractivity contribution is 8.01. The molecule has 0 saturated heterocycles. The monoisotopic (exact) mass is 574 g/mol. The highest BCUT2D eigenvalue weighted by Crippen LogP contribution is 2.16. The minimum atomic E-state index is -4.48. The number of carboxylic acid groups (broad SMARTS) is 1. The van der Waals surface area contributed by atoms with Gasteiger partial charge in [-0.3, -0.25) is 14.1 Å². The lowest BCUT2D eigenvalue weighted by Gasteiger charge is -2.04. The van der Waals surface area contributed by atoms with Crippen LogP contribution in [0.4, 0.5) is 0 Å². The Morgan fingerprint density at radius 1 is 0.359 bits per heavy atom. The molecule has 39 heavy (non-hydrogen) atoms. The predicted molar refractivity (Wildman–Crippen MR) is 163 cm³/mol. The Bertz CT molecular complexity index is 662. The fourth-order valence-electron chi connectivity index (χ4n) is 5.27. The van der Waals surface area contributed by atoms with Gasteiger partial charge in [0.05, 0.1) is 0 Å². The van der Waals surface area contributed by atoms with Gasteiger partial charge in [-0.2, -0.15) is 8.42 Å². The van der Waals surface area contributed by atoms with Crippen molar-refractivity contribution in [3.63, 3.8) is 0 Å². The Kier molecular flexibility index (Phi) is 27.9. The first-order chi connectivity index (χ1) is 18.8. The van der Waals surface area contributed by atoms with Crippen LogP contribution in [0.25, 0.3) is 0 Å². The van der Waals surface area contributed by atoms with Crippen LogP contribution in [-0.4, -0.2) is 29.2 Å². The van der Waals surface area contributed by atoms with Gasteiger partial charge < -0.3 is 5.11 Å². The Morgan fingerprint density at radius 2 is 0.538 bits per heavy atom. The highest BCUT2D eigenvalue weighted by Gasteiger charge is 2.16. The van der Waals surface area contributed by atoms with E-state index in [1.165, 1.54) is 141 Å². The zero-order valence-electron chi connectivity index (χ0n) is 25.1. The first-order valence-corrected chi connectivity index (χ1v) is 18.0. The van der Waals surface area contributed by atoms with E-state index in [0.717, 1.165) is 32.1 Å². The van der Waals surface area contributed by atoms with E-state index in [4.69, 9.17) is 9.66 Å². The number of carboxylic acids is 1. The van der Waals surface area contributed by atoms with Crippen LogP contribution in [0.15, 0.2) is 0 Å². The molecule has 0 radical (unpaired) electrons.